The number of halogens is 1. The Morgan fingerprint density at radius 3 is 2.44 bits per heavy atom. The molecule has 2 aromatic carbocycles. The van der Waals surface area contributed by atoms with Gasteiger partial charge in [-0.3, -0.25) is 15.1 Å². The molecule has 1 aliphatic rings. The van der Waals surface area contributed by atoms with Crippen LogP contribution in [0.15, 0.2) is 47.6 Å². The number of hydrogen-bond donors (Lipinski definition) is 0. The third kappa shape index (κ3) is 4.28. The van der Waals surface area contributed by atoms with E-state index < -0.39 is 4.92 Å². The SMILES string of the molecule is Cc1ccc(N2CCN(N=Cc3ccc(Cl)c([N+](=O)[O-])c3)CC2)cc1. The van der Waals surface area contributed by atoms with Crippen LogP contribution < -0.4 is 4.90 Å². The molecule has 0 atom stereocenters. The maximum Gasteiger partial charge on any atom is 0.288 e. The second-order valence-electron chi connectivity index (χ2n) is 5.99. The highest BCUT2D eigenvalue weighted by molar-refractivity contribution is 6.32. The first-order chi connectivity index (χ1) is 12.0. The fourth-order valence-electron chi connectivity index (χ4n) is 2.72. The summed E-state index contributed by atoms with van der Waals surface area (Å²) in [5, 5.41) is 17.5. The zero-order chi connectivity index (χ0) is 17.8. The van der Waals surface area contributed by atoms with Gasteiger partial charge in [0.25, 0.3) is 5.69 Å². The lowest BCUT2D eigenvalue weighted by atomic mass is 10.2. The lowest BCUT2D eigenvalue weighted by molar-refractivity contribution is -0.384. The number of piperazine rings is 1. The van der Waals surface area contributed by atoms with Crippen LogP contribution in [0.3, 0.4) is 0 Å². The highest BCUT2D eigenvalue weighted by Crippen LogP contribution is 2.24. The molecule has 0 spiro atoms. The summed E-state index contributed by atoms with van der Waals surface area (Å²) in [6.07, 6.45) is 1.64. The molecule has 25 heavy (non-hydrogen) atoms. The molecule has 0 N–H and O–H groups in total. The molecule has 0 radical (unpaired) electrons. The largest absolute Gasteiger partial charge is 0.368 e. The van der Waals surface area contributed by atoms with Crippen molar-refractivity contribution in [2.24, 2.45) is 5.10 Å². The van der Waals surface area contributed by atoms with Crippen LogP contribution >= 0.6 is 11.6 Å². The van der Waals surface area contributed by atoms with Gasteiger partial charge in [0.2, 0.25) is 0 Å². The maximum absolute atomic E-state index is 10.9. The Bertz CT molecular complexity index is 784. The average Bonchev–Trinajstić information content (AvgIpc) is 2.62. The molecule has 0 saturated carbocycles. The van der Waals surface area contributed by atoms with E-state index in [1.807, 2.05) is 5.01 Å². The standard InChI is InChI=1S/C18H19ClN4O2/c1-14-2-5-16(6-3-14)21-8-10-22(11-9-21)20-13-15-4-7-17(19)18(12-15)23(24)25/h2-7,12-13H,8-11H2,1H3. The van der Waals surface area contributed by atoms with Crippen LogP contribution in [0.4, 0.5) is 11.4 Å². The smallest absolute Gasteiger partial charge is 0.288 e. The molecular formula is C18H19ClN4O2. The summed E-state index contributed by atoms with van der Waals surface area (Å²) in [6.45, 7) is 5.47. The monoisotopic (exact) mass is 358 g/mol. The van der Waals surface area contributed by atoms with Crippen molar-refractivity contribution < 1.29 is 4.92 Å². The molecule has 130 valence electrons. The van der Waals surface area contributed by atoms with Crippen molar-refractivity contribution in [2.75, 3.05) is 31.1 Å². The van der Waals surface area contributed by atoms with Crippen LogP contribution in [-0.4, -0.2) is 42.3 Å². The van der Waals surface area contributed by atoms with E-state index in [9.17, 15) is 10.1 Å². The zero-order valence-electron chi connectivity index (χ0n) is 13.9. The second-order valence-corrected chi connectivity index (χ2v) is 6.40. The number of nitro groups is 1. The van der Waals surface area contributed by atoms with E-state index in [0.29, 0.717) is 5.56 Å². The molecule has 2 aromatic rings. The molecule has 0 unspecified atom stereocenters. The third-order valence-electron chi connectivity index (χ3n) is 4.19. The van der Waals surface area contributed by atoms with E-state index in [2.05, 4.69) is 41.2 Å². The summed E-state index contributed by atoms with van der Waals surface area (Å²) >= 11 is 5.82. The number of aryl methyl sites for hydroxylation is 1. The summed E-state index contributed by atoms with van der Waals surface area (Å²) in [6, 6.07) is 13.2. The second kappa shape index (κ2) is 7.53. The fourth-order valence-corrected chi connectivity index (χ4v) is 2.91. The molecule has 1 aliphatic heterocycles. The van der Waals surface area contributed by atoms with E-state index in [1.54, 1.807) is 12.3 Å². The number of hydrazone groups is 1. The summed E-state index contributed by atoms with van der Waals surface area (Å²) in [5.41, 5.74) is 3.04. The van der Waals surface area contributed by atoms with Crippen LogP contribution in [0.5, 0.6) is 0 Å². The van der Waals surface area contributed by atoms with Crippen molar-refractivity contribution in [2.45, 2.75) is 6.92 Å². The van der Waals surface area contributed by atoms with E-state index in [-0.39, 0.29) is 10.7 Å². The number of nitro benzene ring substituents is 1. The van der Waals surface area contributed by atoms with Crippen LogP contribution in [-0.2, 0) is 0 Å². The minimum absolute atomic E-state index is 0.102. The number of nitrogens with zero attached hydrogens (tertiary/aromatic N) is 4. The van der Waals surface area contributed by atoms with E-state index in [0.717, 1.165) is 26.2 Å². The van der Waals surface area contributed by atoms with Gasteiger partial charge >= 0.3 is 0 Å². The van der Waals surface area contributed by atoms with Gasteiger partial charge < -0.3 is 4.90 Å². The minimum atomic E-state index is -0.486. The quantitative estimate of drug-likeness (QED) is 0.475. The van der Waals surface area contributed by atoms with Crippen molar-refractivity contribution >= 4 is 29.2 Å². The predicted octanol–water partition coefficient (Wildman–Crippen LogP) is 3.71. The van der Waals surface area contributed by atoms with Gasteiger partial charge in [0.05, 0.1) is 24.2 Å². The molecule has 7 heteroatoms. The zero-order valence-corrected chi connectivity index (χ0v) is 14.7. The number of anilines is 1. The molecule has 0 amide bonds. The molecule has 1 heterocycles. The van der Waals surface area contributed by atoms with Crippen molar-refractivity contribution in [3.05, 3.63) is 68.7 Å². The Morgan fingerprint density at radius 2 is 1.80 bits per heavy atom. The lowest BCUT2D eigenvalue weighted by Gasteiger charge is -2.34. The number of hydrogen-bond acceptors (Lipinski definition) is 5. The molecule has 1 fully saturated rings. The van der Waals surface area contributed by atoms with Crippen LogP contribution in [0.25, 0.3) is 0 Å². The Labute approximate surface area is 151 Å². The van der Waals surface area contributed by atoms with E-state index >= 15 is 0 Å². The Kier molecular flexibility index (Phi) is 5.19. The molecule has 6 nitrogen and oxygen atoms in total. The summed E-state index contributed by atoms with van der Waals surface area (Å²) in [7, 11) is 0. The average molecular weight is 359 g/mol. The fraction of sp³-hybridized carbons (Fsp3) is 0.278. The van der Waals surface area contributed by atoms with Gasteiger partial charge in [-0.05, 0) is 25.1 Å². The Balaban J connectivity index is 1.60. The molecule has 0 aromatic heterocycles. The molecule has 3 rings (SSSR count). The molecular weight excluding hydrogens is 340 g/mol. The highest BCUT2D eigenvalue weighted by atomic mass is 35.5. The van der Waals surface area contributed by atoms with Gasteiger partial charge in [-0.25, -0.2) is 0 Å². The predicted molar refractivity (Wildman–Crippen MR) is 101 cm³/mol. The van der Waals surface area contributed by atoms with Crippen LogP contribution in [0.1, 0.15) is 11.1 Å². The molecule has 0 aliphatic carbocycles. The summed E-state index contributed by atoms with van der Waals surface area (Å²) in [4.78, 5) is 12.8. The van der Waals surface area contributed by atoms with E-state index in [4.69, 9.17) is 11.6 Å². The van der Waals surface area contributed by atoms with Crippen molar-refractivity contribution in [3.63, 3.8) is 0 Å². The first kappa shape index (κ1) is 17.2. The number of rotatable bonds is 4. The Hall–Kier alpha value is -2.60. The van der Waals surface area contributed by atoms with Gasteiger partial charge in [-0.2, -0.15) is 5.10 Å². The van der Waals surface area contributed by atoms with Gasteiger partial charge in [0, 0.05) is 30.4 Å². The summed E-state index contributed by atoms with van der Waals surface area (Å²) < 4.78 is 0. The lowest BCUT2D eigenvalue weighted by Crippen LogP contribution is -2.44. The minimum Gasteiger partial charge on any atom is -0.368 e. The normalized spacial score (nSPS) is 15.0. The number of benzene rings is 2. The van der Waals surface area contributed by atoms with Crippen LogP contribution in [0, 0.1) is 17.0 Å². The van der Waals surface area contributed by atoms with Gasteiger partial charge in [0.1, 0.15) is 5.02 Å². The van der Waals surface area contributed by atoms with Crippen molar-refractivity contribution in [3.8, 4) is 0 Å². The maximum atomic E-state index is 10.9. The highest BCUT2D eigenvalue weighted by Gasteiger charge is 2.16. The Morgan fingerprint density at radius 1 is 1.12 bits per heavy atom. The van der Waals surface area contributed by atoms with E-state index in [1.165, 1.54) is 23.4 Å². The summed E-state index contributed by atoms with van der Waals surface area (Å²) in [5.74, 6) is 0. The van der Waals surface area contributed by atoms with Gasteiger partial charge in [-0.15, -0.1) is 0 Å². The molecule has 0 bridgehead atoms. The molecule has 1 saturated heterocycles. The topological polar surface area (TPSA) is 62.0 Å². The third-order valence-corrected chi connectivity index (χ3v) is 4.51. The van der Waals surface area contributed by atoms with Crippen LogP contribution in [0.2, 0.25) is 5.02 Å². The van der Waals surface area contributed by atoms with Gasteiger partial charge in [-0.1, -0.05) is 35.4 Å². The van der Waals surface area contributed by atoms with Gasteiger partial charge in [0.15, 0.2) is 0 Å². The van der Waals surface area contributed by atoms with Crippen molar-refractivity contribution in [1.82, 2.24) is 5.01 Å². The first-order valence-corrected chi connectivity index (χ1v) is 8.45. The first-order valence-electron chi connectivity index (χ1n) is 8.07. The van der Waals surface area contributed by atoms with Crippen molar-refractivity contribution in [1.29, 1.82) is 0 Å².